The van der Waals surface area contributed by atoms with Crippen LogP contribution < -0.4 is 22.5 Å². The molecule has 0 radical (unpaired) electrons. The van der Waals surface area contributed by atoms with Crippen molar-refractivity contribution in [2.75, 3.05) is 13.2 Å². The summed E-state index contributed by atoms with van der Waals surface area (Å²) >= 11 is 0. The van der Waals surface area contributed by atoms with Crippen molar-refractivity contribution < 1.29 is 10.2 Å². The van der Waals surface area contributed by atoms with E-state index in [1.54, 1.807) is 0 Å². The molecule has 8 N–H and O–H groups in total. The van der Waals surface area contributed by atoms with Gasteiger partial charge in [-0.25, -0.2) is 0 Å². The molecule has 0 spiro atoms. The van der Waals surface area contributed by atoms with Crippen LogP contribution in [0.3, 0.4) is 0 Å². The first-order valence-corrected chi connectivity index (χ1v) is 3.99. The second-order valence-electron chi connectivity index (χ2n) is 2.12. The standard InChI is InChI=1S/2C4H9O.2H3N/c2*1-2-3-4-5;;/h2*2-4H2,1H3;2*1H3/q2*-1;;/p+2. The minimum Gasteiger partial charge on any atom is -0.854 e. The lowest BCUT2D eigenvalue weighted by atomic mass is 10.4. The zero-order valence-electron chi connectivity index (χ0n) is 9.06. The van der Waals surface area contributed by atoms with E-state index in [0.29, 0.717) is 0 Å². The van der Waals surface area contributed by atoms with Crippen molar-refractivity contribution in [2.45, 2.75) is 39.5 Å². The van der Waals surface area contributed by atoms with Gasteiger partial charge in [0.25, 0.3) is 0 Å². The molecule has 0 saturated heterocycles. The molecule has 4 nitrogen and oxygen atoms in total. The molecule has 0 aliphatic rings. The van der Waals surface area contributed by atoms with Crippen LogP contribution in [0.1, 0.15) is 39.5 Å². The summed E-state index contributed by atoms with van der Waals surface area (Å²) in [4.78, 5) is 0. The Hall–Kier alpha value is -0.160. The lowest BCUT2D eigenvalue weighted by Gasteiger charge is -1.94. The highest BCUT2D eigenvalue weighted by Crippen LogP contribution is 1.77. The molecule has 0 amide bonds. The normalized spacial score (nSPS) is 7.00. The summed E-state index contributed by atoms with van der Waals surface area (Å²) in [6.07, 6.45) is 3.73. The second-order valence-corrected chi connectivity index (χ2v) is 2.12. The van der Waals surface area contributed by atoms with Gasteiger partial charge in [0.1, 0.15) is 0 Å². The summed E-state index contributed by atoms with van der Waals surface area (Å²) in [7, 11) is 0. The zero-order valence-corrected chi connectivity index (χ0v) is 9.06. The molecule has 0 rings (SSSR count). The maximum absolute atomic E-state index is 9.53. The maximum atomic E-state index is 9.53. The van der Waals surface area contributed by atoms with E-state index in [-0.39, 0.29) is 25.5 Å². The molecule has 0 aromatic rings. The van der Waals surface area contributed by atoms with Gasteiger partial charge in [-0.1, -0.05) is 39.5 Å². The highest BCUT2D eigenvalue weighted by Gasteiger charge is 1.62. The highest BCUT2D eigenvalue weighted by atomic mass is 16.3. The predicted octanol–water partition coefficient (Wildman–Crippen LogP) is 1.05. The molecular formula is C8H26N2O2. The number of rotatable bonds is 4. The maximum Gasteiger partial charge on any atom is -0.0575 e. The summed E-state index contributed by atoms with van der Waals surface area (Å²) in [5.41, 5.74) is 0. The van der Waals surface area contributed by atoms with E-state index in [0.717, 1.165) is 25.7 Å². The lowest BCUT2D eigenvalue weighted by Crippen LogP contribution is -2.03. The van der Waals surface area contributed by atoms with E-state index in [1.807, 2.05) is 13.8 Å². The molecule has 0 aliphatic heterocycles. The first-order chi connectivity index (χ1) is 4.83. The smallest absolute Gasteiger partial charge is 0.0575 e. The fraction of sp³-hybridized carbons (Fsp3) is 1.00. The molecule has 0 atom stereocenters. The van der Waals surface area contributed by atoms with Crippen LogP contribution in [0.15, 0.2) is 0 Å². The molecule has 0 fully saturated rings. The van der Waals surface area contributed by atoms with Gasteiger partial charge in [0.05, 0.1) is 0 Å². The third kappa shape index (κ3) is 52.1. The monoisotopic (exact) mass is 182 g/mol. The molecular weight excluding hydrogens is 156 g/mol. The Kier molecular flexibility index (Phi) is 58.0. The van der Waals surface area contributed by atoms with Crippen LogP contribution >= 0.6 is 0 Å². The fourth-order valence-corrected chi connectivity index (χ4v) is 0.289. The number of hydrogen-bond donors (Lipinski definition) is 2. The third-order valence-electron chi connectivity index (χ3n) is 0.996. The SMILES string of the molecule is CCCC[O-].CCCC[O-].[NH4+].[NH4+]. The van der Waals surface area contributed by atoms with Gasteiger partial charge in [0.15, 0.2) is 0 Å². The van der Waals surface area contributed by atoms with E-state index < -0.39 is 0 Å². The van der Waals surface area contributed by atoms with Crippen LogP contribution in [0.4, 0.5) is 0 Å². The summed E-state index contributed by atoms with van der Waals surface area (Å²) in [6, 6.07) is 0. The van der Waals surface area contributed by atoms with Crippen LogP contribution in [-0.4, -0.2) is 13.2 Å². The molecule has 0 unspecified atom stereocenters. The summed E-state index contributed by atoms with van der Waals surface area (Å²) in [6.45, 7) is 4.21. The molecule has 0 aliphatic carbocycles. The Bertz CT molecular complexity index is 36.0. The van der Waals surface area contributed by atoms with E-state index in [2.05, 4.69) is 0 Å². The number of unbranched alkanes of at least 4 members (excludes halogenated alkanes) is 2. The van der Waals surface area contributed by atoms with Gasteiger partial charge in [-0.05, 0) is 0 Å². The zero-order chi connectivity index (χ0) is 8.24. The Balaban J connectivity index is -0.0000000457. The molecule has 0 bridgehead atoms. The Morgan fingerprint density at radius 2 is 1.00 bits per heavy atom. The van der Waals surface area contributed by atoms with Crippen LogP contribution in [0, 0.1) is 0 Å². The van der Waals surface area contributed by atoms with Gasteiger partial charge in [-0.15, -0.1) is 13.2 Å². The van der Waals surface area contributed by atoms with Gasteiger partial charge in [0.2, 0.25) is 0 Å². The largest absolute Gasteiger partial charge is 0.854 e. The van der Waals surface area contributed by atoms with Crippen molar-refractivity contribution in [3.05, 3.63) is 0 Å². The lowest BCUT2D eigenvalue weighted by molar-refractivity contribution is -0.368. The Labute approximate surface area is 76.2 Å². The van der Waals surface area contributed by atoms with Crippen LogP contribution in [-0.2, 0) is 0 Å². The summed E-state index contributed by atoms with van der Waals surface area (Å²) in [5.74, 6) is 0. The van der Waals surface area contributed by atoms with Gasteiger partial charge in [-0.2, -0.15) is 0 Å². The number of hydrogen-bond acceptors (Lipinski definition) is 2. The topological polar surface area (TPSA) is 119 Å². The highest BCUT2D eigenvalue weighted by molar-refractivity contribution is 4.22. The van der Waals surface area contributed by atoms with Gasteiger partial charge >= 0.3 is 0 Å². The molecule has 4 heteroatoms. The average molecular weight is 182 g/mol. The van der Waals surface area contributed by atoms with E-state index in [9.17, 15) is 10.2 Å². The Morgan fingerprint density at radius 1 is 0.750 bits per heavy atom. The number of quaternary nitrogens is 2. The van der Waals surface area contributed by atoms with Crippen molar-refractivity contribution in [3.63, 3.8) is 0 Å². The molecule has 0 aromatic heterocycles. The quantitative estimate of drug-likeness (QED) is 0.675. The van der Waals surface area contributed by atoms with Crippen molar-refractivity contribution in [2.24, 2.45) is 0 Å². The van der Waals surface area contributed by atoms with E-state index in [4.69, 9.17) is 0 Å². The summed E-state index contributed by atoms with van der Waals surface area (Å²) < 4.78 is 0. The second kappa shape index (κ2) is 30.8. The molecule has 80 valence electrons. The molecule has 0 aromatic carbocycles. The van der Waals surface area contributed by atoms with Gasteiger partial charge in [0, 0.05) is 0 Å². The minimum atomic E-state index is 0. The van der Waals surface area contributed by atoms with Gasteiger partial charge < -0.3 is 22.5 Å². The van der Waals surface area contributed by atoms with Crippen molar-refractivity contribution in [3.8, 4) is 0 Å². The van der Waals surface area contributed by atoms with E-state index >= 15 is 0 Å². The van der Waals surface area contributed by atoms with Crippen LogP contribution in [0.25, 0.3) is 0 Å². The Morgan fingerprint density at radius 3 is 1.00 bits per heavy atom. The first-order valence-electron chi connectivity index (χ1n) is 3.99. The first kappa shape index (κ1) is 22.6. The molecule has 0 heterocycles. The van der Waals surface area contributed by atoms with Crippen LogP contribution in [0.2, 0.25) is 0 Å². The predicted molar refractivity (Wildman–Crippen MR) is 51.5 cm³/mol. The van der Waals surface area contributed by atoms with Crippen molar-refractivity contribution in [1.29, 1.82) is 0 Å². The minimum absolute atomic E-state index is 0. The van der Waals surface area contributed by atoms with Gasteiger partial charge in [-0.3, -0.25) is 0 Å². The average Bonchev–Trinajstić information content (AvgIpc) is 1.93. The molecule has 12 heavy (non-hydrogen) atoms. The third-order valence-corrected chi connectivity index (χ3v) is 0.996. The molecule has 0 saturated carbocycles. The van der Waals surface area contributed by atoms with Crippen LogP contribution in [0.5, 0.6) is 0 Å². The fourth-order valence-electron chi connectivity index (χ4n) is 0.289. The van der Waals surface area contributed by atoms with Crippen molar-refractivity contribution >= 4 is 0 Å². The van der Waals surface area contributed by atoms with E-state index in [1.165, 1.54) is 0 Å². The summed E-state index contributed by atoms with van der Waals surface area (Å²) in [5, 5.41) is 19.1. The van der Waals surface area contributed by atoms with Crippen molar-refractivity contribution in [1.82, 2.24) is 12.3 Å².